The second-order valence-electron chi connectivity index (χ2n) is 6.98. The lowest BCUT2D eigenvalue weighted by Gasteiger charge is -2.43. The van der Waals surface area contributed by atoms with E-state index in [2.05, 4.69) is 39.9 Å². The Hall–Kier alpha value is -0.0400. The monoisotopic (exact) mass is 253 g/mol. The summed E-state index contributed by atoms with van der Waals surface area (Å²) in [4.78, 5) is 0. The van der Waals surface area contributed by atoms with Crippen LogP contribution in [0.25, 0.3) is 0 Å². The molecule has 2 atom stereocenters. The highest BCUT2D eigenvalue weighted by Crippen LogP contribution is 2.48. The molecule has 1 saturated carbocycles. The number of nitrogens with one attached hydrogen (secondary N) is 1. The summed E-state index contributed by atoms with van der Waals surface area (Å²) in [6.45, 7) is 13.1. The van der Waals surface area contributed by atoms with E-state index in [1.807, 2.05) is 0 Å². The van der Waals surface area contributed by atoms with Crippen LogP contribution in [0.1, 0.15) is 79.6 Å². The molecule has 0 radical (unpaired) electrons. The van der Waals surface area contributed by atoms with Gasteiger partial charge in [0.05, 0.1) is 0 Å². The third kappa shape index (κ3) is 3.98. The van der Waals surface area contributed by atoms with E-state index in [1.54, 1.807) is 0 Å². The molecule has 2 unspecified atom stereocenters. The Morgan fingerprint density at radius 2 is 1.67 bits per heavy atom. The van der Waals surface area contributed by atoms with Crippen molar-refractivity contribution >= 4 is 0 Å². The normalized spacial score (nSPS) is 22.3. The van der Waals surface area contributed by atoms with Gasteiger partial charge in [-0.15, -0.1) is 0 Å². The second-order valence-corrected chi connectivity index (χ2v) is 6.98. The summed E-state index contributed by atoms with van der Waals surface area (Å²) in [5, 5.41) is 3.91. The fourth-order valence-electron chi connectivity index (χ4n) is 4.09. The second kappa shape index (κ2) is 7.53. The first-order valence-corrected chi connectivity index (χ1v) is 8.29. The van der Waals surface area contributed by atoms with Crippen molar-refractivity contribution in [3.8, 4) is 0 Å². The molecule has 1 aliphatic carbocycles. The largest absolute Gasteiger partial charge is 0.313 e. The Morgan fingerprint density at radius 3 is 2.11 bits per heavy atom. The Kier molecular flexibility index (Phi) is 6.70. The maximum Gasteiger partial charge on any atom is 0.0149 e. The minimum absolute atomic E-state index is 0.596. The molecule has 0 aliphatic heterocycles. The van der Waals surface area contributed by atoms with Gasteiger partial charge in [-0.05, 0) is 49.5 Å². The molecule has 0 aromatic carbocycles. The van der Waals surface area contributed by atoms with Crippen molar-refractivity contribution in [2.45, 2.75) is 85.6 Å². The Labute approximate surface area is 115 Å². The minimum Gasteiger partial charge on any atom is -0.313 e. The molecular weight excluding hydrogens is 218 g/mol. The van der Waals surface area contributed by atoms with Gasteiger partial charge in [-0.2, -0.15) is 0 Å². The van der Waals surface area contributed by atoms with Gasteiger partial charge >= 0.3 is 0 Å². The van der Waals surface area contributed by atoms with Gasteiger partial charge in [0.2, 0.25) is 0 Å². The van der Waals surface area contributed by atoms with Crippen molar-refractivity contribution in [1.29, 1.82) is 0 Å². The van der Waals surface area contributed by atoms with E-state index < -0.39 is 0 Å². The first-order chi connectivity index (χ1) is 8.55. The Balaban J connectivity index is 2.82. The topological polar surface area (TPSA) is 12.0 Å². The summed E-state index contributed by atoms with van der Waals surface area (Å²) >= 11 is 0. The van der Waals surface area contributed by atoms with Gasteiger partial charge in [-0.1, -0.05) is 53.9 Å². The van der Waals surface area contributed by atoms with Crippen LogP contribution < -0.4 is 5.32 Å². The van der Waals surface area contributed by atoms with Crippen LogP contribution in [0.15, 0.2) is 0 Å². The zero-order valence-electron chi connectivity index (χ0n) is 13.4. The smallest absolute Gasteiger partial charge is 0.0149 e. The van der Waals surface area contributed by atoms with E-state index in [4.69, 9.17) is 0 Å². The average molecular weight is 253 g/mol. The zero-order valence-corrected chi connectivity index (χ0v) is 13.4. The van der Waals surface area contributed by atoms with E-state index >= 15 is 0 Å². The van der Waals surface area contributed by atoms with Crippen LogP contribution in [0.2, 0.25) is 0 Å². The molecule has 1 heteroatoms. The van der Waals surface area contributed by atoms with Gasteiger partial charge in [0.25, 0.3) is 0 Å². The molecule has 1 nitrogen and oxygen atoms in total. The third-order valence-corrected chi connectivity index (χ3v) is 4.90. The van der Waals surface area contributed by atoms with Gasteiger partial charge in [-0.25, -0.2) is 0 Å². The molecule has 0 heterocycles. The predicted molar refractivity (Wildman–Crippen MR) is 81.9 cm³/mol. The van der Waals surface area contributed by atoms with E-state index in [0.717, 1.165) is 17.9 Å². The Bertz CT molecular complexity index is 216. The van der Waals surface area contributed by atoms with Gasteiger partial charge in [-0.3, -0.25) is 0 Å². The third-order valence-electron chi connectivity index (χ3n) is 4.90. The molecule has 0 bridgehead atoms. The first kappa shape index (κ1) is 16.0. The van der Waals surface area contributed by atoms with E-state index in [9.17, 15) is 0 Å². The number of rotatable bonds is 8. The van der Waals surface area contributed by atoms with Crippen molar-refractivity contribution in [2.24, 2.45) is 17.3 Å². The molecule has 1 fully saturated rings. The summed E-state index contributed by atoms with van der Waals surface area (Å²) in [7, 11) is 0. The van der Waals surface area contributed by atoms with Crippen LogP contribution in [-0.4, -0.2) is 12.6 Å². The first-order valence-electron chi connectivity index (χ1n) is 8.29. The molecule has 18 heavy (non-hydrogen) atoms. The molecule has 0 saturated heterocycles. The van der Waals surface area contributed by atoms with Crippen LogP contribution in [-0.2, 0) is 0 Å². The van der Waals surface area contributed by atoms with Crippen LogP contribution in [0.4, 0.5) is 0 Å². The lowest BCUT2D eigenvalue weighted by Crippen LogP contribution is -2.49. The summed E-state index contributed by atoms with van der Waals surface area (Å²) in [6, 6.07) is 0.743. The molecule has 0 aromatic heterocycles. The van der Waals surface area contributed by atoms with Gasteiger partial charge in [0.15, 0.2) is 0 Å². The lowest BCUT2D eigenvalue weighted by atomic mass is 9.68. The quantitative estimate of drug-likeness (QED) is 0.641. The molecule has 1 N–H and O–H groups in total. The predicted octanol–water partition coefficient (Wildman–Crippen LogP) is 5.01. The lowest BCUT2D eigenvalue weighted by molar-refractivity contribution is 0.113. The fourth-order valence-corrected chi connectivity index (χ4v) is 4.09. The molecule has 0 aromatic rings. The summed E-state index contributed by atoms with van der Waals surface area (Å²) in [6.07, 6.45) is 9.79. The van der Waals surface area contributed by atoms with Gasteiger partial charge < -0.3 is 5.32 Å². The van der Waals surface area contributed by atoms with Crippen molar-refractivity contribution in [3.05, 3.63) is 0 Å². The van der Waals surface area contributed by atoms with Crippen molar-refractivity contribution in [2.75, 3.05) is 6.54 Å². The maximum atomic E-state index is 3.91. The van der Waals surface area contributed by atoms with Crippen LogP contribution >= 0.6 is 0 Å². The average Bonchev–Trinajstić information content (AvgIpc) is 2.77. The highest BCUT2D eigenvalue weighted by molar-refractivity contribution is 4.97. The summed E-state index contributed by atoms with van der Waals surface area (Å²) < 4.78 is 0. The fraction of sp³-hybridized carbons (Fsp3) is 1.00. The van der Waals surface area contributed by atoms with Gasteiger partial charge in [0, 0.05) is 6.04 Å². The van der Waals surface area contributed by atoms with Crippen molar-refractivity contribution < 1.29 is 0 Å². The molecular formula is C17H35N. The zero-order chi connectivity index (χ0) is 13.6. The van der Waals surface area contributed by atoms with Crippen molar-refractivity contribution in [3.63, 3.8) is 0 Å². The van der Waals surface area contributed by atoms with Crippen LogP contribution in [0, 0.1) is 17.3 Å². The van der Waals surface area contributed by atoms with Crippen LogP contribution in [0.3, 0.4) is 0 Å². The van der Waals surface area contributed by atoms with Gasteiger partial charge in [0.1, 0.15) is 0 Å². The maximum absolute atomic E-state index is 3.91. The van der Waals surface area contributed by atoms with Crippen molar-refractivity contribution in [1.82, 2.24) is 5.32 Å². The molecule has 1 rings (SSSR count). The van der Waals surface area contributed by atoms with E-state index in [0.29, 0.717) is 5.41 Å². The van der Waals surface area contributed by atoms with E-state index in [-0.39, 0.29) is 0 Å². The SMILES string of the molecule is CCCNC(C(C)CC)C1(CC(C)C)CCCC1. The molecule has 0 spiro atoms. The molecule has 108 valence electrons. The number of hydrogen-bond acceptors (Lipinski definition) is 1. The summed E-state index contributed by atoms with van der Waals surface area (Å²) in [5.74, 6) is 1.64. The summed E-state index contributed by atoms with van der Waals surface area (Å²) in [5.41, 5.74) is 0.596. The highest BCUT2D eigenvalue weighted by Gasteiger charge is 2.42. The molecule has 1 aliphatic rings. The minimum atomic E-state index is 0.596. The Morgan fingerprint density at radius 1 is 1.06 bits per heavy atom. The molecule has 0 amide bonds. The van der Waals surface area contributed by atoms with E-state index in [1.165, 1.54) is 51.5 Å². The standard InChI is InChI=1S/C17H35N/c1-6-12-18-16(15(5)7-2)17(13-14(3)4)10-8-9-11-17/h14-16,18H,6-13H2,1-5H3. The highest BCUT2D eigenvalue weighted by atomic mass is 14.9. The van der Waals surface area contributed by atoms with Crippen LogP contribution in [0.5, 0.6) is 0 Å². The number of hydrogen-bond donors (Lipinski definition) is 1.